The average molecular weight is 553 g/mol. The maximum absolute atomic E-state index is 14.8. The maximum atomic E-state index is 14.8. The van der Waals surface area contributed by atoms with Crippen LogP contribution in [0.5, 0.6) is 0 Å². The van der Waals surface area contributed by atoms with Crippen molar-refractivity contribution in [2.24, 2.45) is 7.05 Å². The lowest BCUT2D eigenvalue weighted by molar-refractivity contribution is 0.102. The van der Waals surface area contributed by atoms with Crippen LogP contribution < -0.4 is 10.6 Å². The van der Waals surface area contributed by atoms with Gasteiger partial charge in [0.15, 0.2) is 0 Å². The molecule has 1 amide bonds. The third-order valence-electron chi connectivity index (χ3n) is 7.05. The number of hydrogen-bond donors (Lipinski definition) is 2. The van der Waals surface area contributed by atoms with E-state index in [4.69, 9.17) is 0 Å². The highest BCUT2D eigenvalue weighted by Gasteiger charge is 2.16. The Balaban J connectivity index is 1.23. The minimum absolute atomic E-state index is 0.323. The predicted octanol–water partition coefficient (Wildman–Crippen LogP) is 4.11. The molecule has 0 atom stereocenters. The highest BCUT2D eigenvalue weighted by atomic mass is 19.1. The van der Waals surface area contributed by atoms with Crippen LogP contribution in [0.2, 0.25) is 0 Å². The molecule has 10 heteroatoms. The number of amides is 1. The van der Waals surface area contributed by atoms with Gasteiger partial charge in [0.25, 0.3) is 5.91 Å². The highest BCUT2D eigenvalue weighted by Crippen LogP contribution is 2.19. The molecule has 2 aromatic carbocycles. The number of hydrogen-bond acceptors (Lipinski definition) is 7. The second-order valence-corrected chi connectivity index (χ2v) is 10.3. The molecule has 0 aliphatic carbocycles. The molecule has 210 valence electrons. The molecule has 0 saturated carbocycles. The molecule has 0 radical (unpaired) electrons. The molecule has 3 heterocycles. The Labute approximate surface area is 239 Å². The summed E-state index contributed by atoms with van der Waals surface area (Å²) in [7, 11) is 3.95. The van der Waals surface area contributed by atoms with Crippen molar-refractivity contribution < 1.29 is 9.18 Å². The van der Waals surface area contributed by atoms with Crippen molar-refractivity contribution in [1.82, 2.24) is 29.5 Å². The number of piperazine rings is 1. The Hall–Kier alpha value is -4.59. The topological polar surface area (TPSA) is 91.2 Å². The van der Waals surface area contributed by atoms with Crippen LogP contribution in [0.4, 0.5) is 21.7 Å². The van der Waals surface area contributed by atoms with E-state index >= 15 is 0 Å². The number of aryl methyl sites for hydroxylation is 3. The second-order valence-electron chi connectivity index (χ2n) is 10.3. The van der Waals surface area contributed by atoms with Gasteiger partial charge in [0.2, 0.25) is 5.95 Å². The Morgan fingerprint density at radius 1 is 1.00 bits per heavy atom. The van der Waals surface area contributed by atoms with Crippen LogP contribution in [0.3, 0.4) is 0 Å². The summed E-state index contributed by atoms with van der Waals surface area (Å²) in [5.41, 5.74) is 5.43. The number of carbonyl (C=O) groups excluding carboxylic acids is 1. The van der Waals surface area contributed by atoms with Gasteiger partial charge in [-0.15, -0.1) is 0 Å². The molecule has 4 aromatic rings. The van der Waals surface area contributed by atoms with Crippen LogP contribution in [0.15, 0.2) is 55.0 Å². The van der Waals surface area contributed by atoms with Crippen LogP contribution >= 0.6 is 0 Å². The van der Waals surface area contributed by atoms with Crippen molar-refractivity contribution in [3.63, 3.8) is 0 Å². The Bertz CT molecular complexity index is 1610. The molecule has 0 bridgehead atoms. The number of halogens is 1. The number of carbonyl (C=O) groups is 1. The van der Waals surface area contributed by atoms with Crippen molar-refractivity contribution >= 4 is 23.2 Å². The van der Waals surface area contributed by atoms with E-state index in [9.17, 15) is 9.18 Å². The molecule has 1 fully saturated rings. The number of nitrogens with one attached hydrogen (secondary N) is 2. The van der Waals surface area contributed by atoms with Crippen LogP contribution in [-0.2, 0) is 13.6 Å². The first-order chi connectivity index (χ1) is 19.7. The van der Waals surface area contributed by atoms with Crippen LogP contribution in [0.1, 0.15) is 38.3 Å². The third-order valence-corrected chi connectivity index (χ3v) is 7.05. The van der Waals surface area contributed by atoms with Gasteiger partial charge in [0.1, 0.15) is 5.82 Å². The summed E-state index contributed by atoms with van der Waals surface area (Å²) in [4.78, 5) is 26.2. The number of rotatable bonds is 6. The first kappa shape index (κ1) is 28.0. The Morgan fingerprint density at radius 3 is 2.44 bits per heavy atom. The molecule has 1 aliphatic heterocycles. The fraction of sp³-hybridized carbons (Fsp3) is 0.290. The van der Waals surface area contributed by atoms with E-state index < -0.39 is 0 Å². The minimum atomic E-state index is -0.330. The van der Waals surface area contributed by atoms with E-state index in [0.29, 0.717) is 40.4 Å². The fourth-order valence-corrected chi connectivity index (χ4v) is 4.54. The van der Waals surface area contributed by atoms with Crippen LogP contribution in [0, 0.1) is 31.5 Å². The standard InChI is InChI=1S/C31H33FN8O/c1-21-5-7-25(30(41)35-27-10-9-26(28(32)16-27)19-40-13-11-38(3)12-14-40)15-24(21)8-6-23-17-33-31(34-18-23)36-29-20-39(4)37-22(29)2/h5,7,9-10,15-18,20H,11-14,19H2,1-4H3,(H,35,41)(H,33,34,36). The van der Waals surface area contributed by atoms with Crippen molar-refractivity contribution in [1.29, 1.82) is 0 Å². The molecule has 1 aliphatic rings. The van der Waals surface area contributed by atoms with Crippen molar-refractivity contribution in [2.45, 2.75) is 20.4 Å². The highest BCUT2D eigenvalue weighted by molar-refractivity contribution is 6.04. The molecule has 0 unspecified atom stereocenters. The molecule has 1 saturated heterocycles. The number of aromatic nitrogens is 4. The lowest BCUT2D eigenvalue weighted by Crippen LogP contribution is -2.44. The maximum Gasteiger partial charge on any atom is 0.255 e. The van der Waals surface area contributed by atoms with Gasteiger partial charge in [0.05, 0.1) is 16.9 Å². The minimum Gasteiger partial charge on any atom is -0.322 e. The molecule has 5 rings (SSSR count). The number of anilines is 3. The first-order valence-electron chi connectivity index (χ1n) is 13.5. The molecular weight excluding hydrogens is 519 g/mol. The van der Waals surface area contributed by atoms with Gasteiger partial charge >= 0.3 is 0 Å². The van der Waals surface area contributed by atoms with Gasteiger partial charge in [-0.25, -0.2) is 14.4 Å². The molecule has 0 spiro atoms. The monoisotopic (exact) mass is 552 g/mol. The van der Waals surface area contributed by atoms with Gasteiger partial charge in [-0.3, -0.25) is 14.4 Å². The number of likely N-dealkylation sites (N-methyl/N-ethyl adjacent to an activating group) is 1. The summed E-state index contributed by atoms with van der Waals surface area (Å²) in [6.45, 7) is 8.17. The van der Waals surface area contributed by atoms with E-state index in [2.05, 4.69) is 54.4 Å². The quantitative estimate of drug-likeness (QED) is 0.348. The van der Waals surface area contributed by atoms with Crippen molar-refractivity contribution in [3.8, 4) is 11.8 Å². The largest absolute Gasteiger partial charge is 0.322 e. The van der Waals surface area contributed by atoms with Crippen molar-refractivity contribution in [3.05, 3.63) is 94.3 Å². The van der Waals surface area contributed by atoms with E-state index in [0.717, 1.165) is 43.1 Å². The summed E-state index contributed by atoms with van der Waals surface area (Å²) in [6.07, 6.45) is 5.14. The average Bonchev–Trinajstić information content (AvgIpc) is 3.27. The van der Waals surface area contributed by atoms with Crippen molar-refractivity contribution in [2.75, 3.05) is 43.9 Å². The van der Waals surface area contributed by atoms with Gasteiger partial charge in [0, 0.05) is 80.7 Å². The smallest absolute Gasteiger partial charge is 0.255 e. The lowest BCUT2D eigenvalue weighted by Gasteiger charge is -2.32. The Kier molecular flexibility index (Phi) is 8.38. The number of nitrogens with zero attached hydrogens (tertiary/aromatic N) is 6. The third kappa shape index (κ3) is 7.14. The van der Waals surface area contributed by atoms with Gasteiger partial charge in [-0.05, 0) is 50.7 Å². The zero-order valence-corrected chi connectivity index (χ0v) is 23.7. The fourth-order valence-electron chi connectivity index (χ4n) is 4.54. The van der Waals surface area contributed by atoms with E-state index in [1.165, 1.54) is 6.07 Å². The van der Waals surface area contributed by atoms with Gasteiger partial charge in [-0.2, -0.15) is 5.10 Å². The van der Waals surface area contributed by atoms with E-state index in [-0.39, 0.29) is 11.7 Å². The Morgan fingerprint density at radius 2 is 1.76 bits per heavy atom. The summed E-state index contributed by atoms with van der Waals surface area (Å²) < 4.78 is 16.6. The van der Waals surface area contributed by atoms with Crippen LogP contribution in [0.25, 0.3) is 0 Å². The van der Waals surface area contributed by atoms with Gasteiger partial charge in [-0.1, -0.05) is 24.0 Å². The van der Waals surface area contributed by atoms with E-state index in [1.807, 2.05) is 33.2 Å². The molecule has 9 nitrogen and oxygen atoms in total. The second kappa shape index (κ2) is 12.3. The SMILES string of the molecule is Cc1ccc(C(=O)Nc2ccc(CN3CCN(C)CC3)c(F)c2)cc1C#Cc1cnc(Nc2cn(C)nc2C)nc1. The zero-order valence-electron chi connectivity index (χ0n) is 23.7. The lowest BCUT2D eigenvalue weighted by atomic mass is 10.0. The van der Waals surface area contributed by atoms with Gasteiger partial charge < -0.3 is 15.5 Å². The molecule has 41 heavy (non-hydrogen) atoms. The summed E-state index contributed by atoms with van der Waals surface area (Å²) in [5.74, 6) is 5.98. The normalized spacial score (nSPS) is 13.9. The summed E-state index contributed by atoms with van der Waals surface area (Å²) >= 11 is 0. The zero-order chi connectivity index (χ0) is 28.9. The molecule has 2 N–H and O–H groups in total. The van der Waals surface area contributed by atoms with E-state index in [1.54, 1.807) is 41.3 Å². The summed E-state index contributed by atoms with van der Waals surface area (Å²) in [6, 6.07) is 10.2. The summed E-state index contributed by atoms with van der Waals surface area (Å²) in [5, 5.41) is 10.2. The first-order valence-corrected chi connectivity index (χ1v) is 13.5. The molecule has 2 aromatic heterocycles. The van der Waals surface area contributed by atoms with Crippen LogP contribution in [-0.4, -0.2) is 68.7 Å². The predicted molar refractivity (Wildman–Crippen MR) is 158 cm³/mol. The molecular formula is C31H33FN8O. The number of benzene rings is 2.